The number of fused-ring (bicyclic) bond motifs is 11. The van der Waals surface area contributed by atoms with E-state index in [9.17, 15) is 0 Å². The van der Waals surface area contributed by atoms with E-state index in [0.717, 1.165) is 50.3 Å². The van der Waals surface area contributed by atoms with Gasteiger partial charge in [0.15, 0.2) is 0 Å². The topological polar surface area (TPSA) is 19.6 Å². The van der Waals surface area contributed by atoms with Gasteiger partial charge in [-0.1, -0.05) is 212 Å². The minimum absolute atomic E-state index is 0.547. The first-order valence-electron chi connectivity index (χ1n) is 26.7. The van der Waals surface area contributed by atoms with Crippen molar-refractivity contribution in [2.24, 2.45) is 0 Å². The van der Waals surface area contributed by atoms with Gasteiger partial charge in [-0.2, -0.15) is 0 Å². The maximum absolute atomic E-state index is 6.61. The molecule has 0 fully saturated rings. The van der Waals surface area contributed by atoms with Gasteiger partial charge >= 0.3 is 0 Å². The standard InChI is InChI=1S/C74H48N2O/c1-5-20-51(21-6-1)73(52-22-7-2-8-23-52)64-31-15-13-28-58(64)59-44-41-56(47-67(59)73)75(57-42-45-62-61-29-14-18-35-70(61)77-71(62)48-57)55-39-36-49(37-40-55)50-38-43-60-63-30-19-34-69-72(63)74(66(60)46-50,53-24-9-3-10-25-53)65-32-16-17-33-68(65)76(69)54-26-11-4-12-27-54/h1-48H. The molecule has 0 amide bonds. The predicted molar refractivity (Wildman–Crippen MR) is 317 cm³/mol. The van der Waals surface area contributed by atoms with Crippen LogP contribution in [0.15, 0.2) is 296 Å². The van der Waals surface area contributed by atoms with Crippen LogP contribution >= 0.6 is 0 Å². The lowest BCUT2D eigenvalue weighted by Crippen LogP contribution is -2.35. The number of para-hydroxylation sites is 3. The van der Waals surface area contributed by atoms with Crippen molar-refractivity contribution in [2.45, 2.75) is 10.8 Å². The van der Waals surface area contributed by atoms with E-state index in [2.05, 4.69) is 295 Å². The Bertz CT molecular complexity index is 4410. The van der Waals surface area contributed by atoms with Crippen molar-refractivity contribution in [3.8, 4) is 33.4 Å². The fourth-order valence-corrected chi connectivity index (χ4v) is 13.8. The van der Waals surface area contributed by atoms with Gasteiger partial charge < -0.3 is 14.2 Å². The van der Waals surface area contributed by atoms with Crippen LogP contribution in [0, 0.1) is 0 Å². The van der Waals surface area contributed by atoms with Crippen LogP contribution in [-0.2, 0) is 10.8 Å². The Morgan fingerprint density at radius 1 is 0.299 bits per heavy atom. The third-order valence-electron chi connectivity index (χ3n) is 16.9. The molecule has 0 spiro atoms. The maximum atomic E-state index is 6.61. The molecular formula is C74H48N2O. The van der Waals surface area contributed by atoms with Gasteiger partial charge in [0.2, 0.25) is 0 Å². The van der Waals surface area contributed by atoms with Crippen molar-refractivity contribution in [3.05, 3.63) is 336 Å². The molecule has 0 saturated heterocycles. The Kier molecular flexibility index (Phi) is 9.47. The molecule has 0 radical (unpaired) electrons. The van der Waals surface area contributed by atoms with Crippen LogP contribution in [0.4, 0.5) is 34.1 Å². The highest BCUT2D eigenvalue weighted by atomic mass is 16.3. The second-order valence-electron chi connectivity index (χ2n) is 20.7. The van der Waals surface area contributed by atoms with E-state index in [-0.39, 0.29) is 0 Å². The summed E-state index contributed by atoms with van der Waals surface area (Å²) in [4.78, 5) is 4.87. The van der Waals surface area contributed by atoms with Gasteiger partial charge in [0.05, 0.1) is 22.2 Å². The van der Waals surface area contributed by atoms with Crippen LogP contribution < -0.4 is 9.80 Å². The monoisotopic (exact) mass is 980 g/mol. The highest BCUT2D eigenvalue weighted by Gasteiger charge is 2.53. The smallest absolute Gasteiger partial charge is 0.137 e. The zero-order valence-electron chi connectivity index (χ0n) is 42.0. The number of anilines is 6. The molecule has 0 saturated carbocycles. The zero-order valence-corrected chi connectivity index (χ0v) is 42.0. The van der Waals surface area contributed by atoms with Crippen molar-refractivity contribution in [3.63, 3.8) is 0 Å². The van der Waals surface area contributed by atoms with Crippen LogP contribution in [0.25, 0.3) is 55.3 Å². The van der Waals surface area contributed by atoms with Crippen LogP contribution in [0.2, 0.25) is 0 Å². The fraction of sp³-hybridized carbons (Fsp3) is 0.0270. The van der Waals surface area contributed by atoms with Gasteiger partial charge in [-0.3, -0.25) is 0 Å². The van der Waals surface area contributed by atoms with E-state index >= 15 is 0 Å². The van der Waals surface area contributed by atoms with E-state index in [1.54, 1.807) is 0 Å². The van der Waals surface area contributed by atoms with Crippen molar-refractivity contribution >= 4 is 56.1 Å². The minimum atomic E-state index is -0.549. The Morgan fingerprint density at radius 3 is 1.56 bits per heavy atom. The van der Waals surface area contributed by atoms with E-state index < -0.39 is 10.8 Å². The highest BCUT2D eigenvalue weighted by molar-refractivity contribution is 6.06. The summed E-state index contributed by atoms with van der Waals surface area (Å²) >= 11 is 0. The Hall–Kier alpha value is -9.96. The SMILES string of the molecule is c1ccc(N2c3ccccc3C3(c4ccccc4)c4cc(-c5ccc(N(c6ccc7c(c6)C(c6ccccc6)(c6ccccc6)c6ccccc6-7)c6ccc7c(c6)oc6ccccc67)cc5)ccc4-c4cccc2c43)cc1. The molecule has 360 valence electrons. The second-order valence-corrected chi connectivity index (χ2v) is 20.7. The molecule has 0 bridgehead atoms. The molecule has 1 atom stereocenters. The summed E-state index contributed by atoms with van der Waals surface area (Å²) in [6.45, 7) is 0. The van der Waals surface area contributed by atoms with Gasteiger partial charge in [-0.05, 0) is 145 Å². The summed E-state index contributed by atoms with van der Waals surface area (Å²) in [6.07, 6.45) is 0. The summed E-state index contributed by atoms with van der Waals surface area (Å²) in [7, 11) is 0. The Balaban J connectivity index is 0.875. The van der Waals surface area contributed by atoms with Crippen LogP contribution in [-0.4, -0.2) is 0 Å². The number of hydrogen-bond donors (Lipinski definition) is 0. The van der Waals surface area contributed by atoms with E-state index in [1.165, 1.54) is 83.7 Å². The normalized spacial score (nSPS) is 15.1. The molecule has 3 heteroatoms. The largest absolute Gasteiger partial charge is 0.456 e. The predicted octanol–water partition coefficient (Wildman–Crippen LogP) is 19.2. The lowest BCUT2D eigenvalue weighted by atomic mass is 9.64. The zero-order chi connectivity index (χ0) is 50.7. The van der Waals surface area contributed by atoms with E-state index in [4.69, 9.17) is 4.42 Å². The molecule has 1 unspecified atom stereocenters. The van der Waals surface area contributed by atoms with Crippen molar-refractivity contribution < 1.29 is 4.42 Å². The lowest BCUT2D eigenvalue weighted by Gasteiger charge is -2.44. The average Bonchev–Trinajstić information content (AvgIpc) is 3.53. The van der Waals surface area contributed by atoms with Crippen molar-refractivity contribution in [1.29, 1.82) is 0 Å². The van der Waals surface area contributed by atoms with Gasteiger partial charge in [0, 0.05) is 45.2 Å². The summed E-state index contributed by atoms with van der Waals surface area (Å²) < 4.78 is 6.61. The quantitative estimate of drug-likeness (QED) is 0.151. The molecule has 16 rings (SSSR count). The first-order valence-corrected chi connectivity index (χ1v) is 26.7. The number of furan rings is 1. The molecule has 77 heavy (non-hydrogen) atoms. The third kappa shape index (κ3) is 6.14. The Labute approximate surface area is 447 Å². The molecule has 12 aromatic carbocycles. The molecule has 1 aromatic heterocycles. The van der Waals surface area contributed by atoms with E-state index in [0.29, 0.717) is 0 Å². The fourth-order valence-electron chi connectivity index (χ4n) is 13.8. The molecule has 0 N–H and O–H groups in total. The van der Waals surface area contributed by atoms with Crippen molar-refractivity contribution in [1.82, 2.24) is 0 Å². The number of hydrogen-bond acceptors (Lipinski definition) is 3. The third-order valence-corrected chi connectivity index (χ3v) is 16.9. The molecule has 3 aliphatic rings. The maximum Gasteiger partial charge on any atom is 0.137 e. The molecule has 3 nitrogen and oxygen atoms in total. The van der Waals surface area contributed by atoms with Crippen LogP contribution in [0.1, 0.15) is 44.5 Å². The molecule has 13 aromatic rings. The second kappa shape index (κ2) is 16.8. The van der Waals surface area contributed by atoms with Gasteiger partial charge in [0.1, 0.15) is 11.2 Å². The van der Waals surface area contributed by atoms with Gasteiger partial charge in [0.25, 0.3) is 0 Å². The number of rotatable bonds is 8. The first kappa shape index (κ1) is 43.4. The summed E-state index contributed by atoms with van der Waals surface area (Å²) in [5.41, 5.74) is 24.9. The lowest BCUT2D eigenvalue weighted by molar-refractivity contribution is 0.669. The molecule has 2 heterocycles. The highest BCUT2D eigenvalue weighted by Crippen LogP contribution is 2.65. The minimum Gasteiger partial charge on any atom is -0.456 e. The first-order chi connectivity index (χ1) is 38.2. The van der Waals surface area contributed by atoms with Crippen LogP contribution in [0.5, 0.6) is 0 Å². The number of nitrogens with zero attached hydrogens (tertiary/aromatic N) is 2. The molecule has 2 aliphatic carbocycles. The summed E-state index contributed by atoms with van der Waals surface area (Å²) in [5.74, 6) is 0. The summed E-state index contributed by atoms with van der Waals surface area (Å²) in [5, 5.41) is 2.22. The molecule has 1 aliphatic heterocycles. The van der Waals surface area contributed by atoms with Crippen LogP contribution in [0.3, 0.4) is 0 Å². The van der Waals surface area contributed by atoms with Crippen molar-refractivity contribution in [2.75, 3.05) is 9.80 Å². The summed E-state index contributed by atoms with van der Waals surface area (Å²) in [6, 6.07) is 107. The van der Waals surface area contributed by atoms with Gasteiger partial charge in [-0.15, -0.1) is 0 Å². The molecular weight excluding hydrogens is 933 g/mol. The average molecular weight is 981 g/mol. The number of benzene rings is 12. The Morgan fingerprint density at radius 2 is 0.805 bits per heavy atom. The van der Waals surface area contributed by atoms with E-state index in [1.807, 2.05) is 6.07 Å². The van der Waals surface area contributed by atoms with Gasteiger partial charge in [-0.25, -0.2) is 0 Å².